The smallest absolute Gasteiger partial charge is 0.158 e. The molecule has 2 nitrogen and oxygen atoms in total. The van der Waals surface area contributed by atoms with E-state index in [9.17, 15) is 0 Å². The zero-order valence-electron chi connectivity index (χ0n) is 7.55. The van der Waals surface area contributed by atoms with E-state index in [0.29, 0.717) is 0 Å². The normalized spacial score (nSPS) is 20.1. The largest absolute Gasteiger partial charge is 1.00 e. The summed E-state index contributed by atoms with van der Waals surface area (Å²) in [5, 5.41) is 0. The highest BCUT2D eigenvalue weighted by molar-refractivity contribution is 4.79. The summed E-state index contributed by atoms with van der Waals surface area (Å²) >= 11 is 0. The molecule has 0 aromatic carbocycles. The molecule has 0 N–H and O–H groups in total. The van der Waals surface area contributed by atoms with Crippen molar-refractivity contribution in [3.05, 3.63) is 12.4 Å². The van der Waals surface area contributed by atoms with Gasteiger partial charge in [0, 0.05) is 6.54 Å². The van der Waals surface area contributed by atoms with Crippen molar-refractivity contribution in [2.75, 3.05) is 27.3 Å². The van der Waals surface area contributed by atoms with Crippen molar-refractivity contribution in [3.63, 3.8) is 0 Å². The van der Waals surface area contributed by atoms with Gasteiger partial charge in [-0.3, -0.25) is 4.48 Å². The van der Waals surface area contributed by atoms with Crippen molar-refractivity contribution in [2.24, 2.45) is 0 Å². The number of nitrogens with zero attached hydrogens (tertiary/aromatic N) is 2. The van der Waals surface area contributed by atoms with Gasteiger partial charge >= 0.3 is 0 Å². The Morgan fingerprint density at radius 3 is 2.45 bits per heavy atom. The lowest BCUT2D eigenvalue weighted by Gasteiger charge is -2.23. The average molecular weight is 177 g/mol. The van der Waals surface area contributed by atoms with E-state index in [1.54, 1.807) is 0 Å². The Labute approximate surface area is 75.5 Å². The predicted molar refractivity (Wildman–Crippen MR) is 43.1 cm³/mol. The first-order chi connectivity index (χ1) is 4.64. The Morgan fingerprint density at radius 1 is 1.45 bits per heavy atom. The van der Waals surface area contributed by atoms with Crippen LogP contribution in [-0.2, 0) is 0 Å². The van der Waals surface area contributed by atoms with Crippen LogP contribution >= 0.6 is 0 Å². The van der Waals surface area contributed by atoms with E-state index in [-0.39, 0.29) is 12.4 Å². The topological polar surface area (TPSA) is 3.24 Å². The molecule has 0 aliphatic carbocycles. The van der Waals surface area contributed by atoms with Crippen LogP contribution in [0, 0.1) is 0 Å². The van der Waals surface area contributed by atoms with Crippen LogP contribution in [0.15, 0.2) is 12.4 Å². The molecular weight excluding hydrogens is 160 g/mol. The molecule has 0 atom stereocenters. The molecule has 11 heavy (non-hydrogen) atoms. The maximum atomic E-state index is 2.36. The quantitative estimate of drug-likeness (QED) is 0.450. The lowest BCUT2D eigenvalue weighted by molar-refractivity contribution is -0.840. The summed E-state index contributed by atoms with van der Waals surface area (Å²) in [6, 6.07) is 0. The minimum Gasteiger partial charge on any atom is -1.00 e. The van der Waals surface area contributed by atoms with Gasteiger partial charge in [0.05, 0.1) is 20.3 Å². The Morgan fingerprint density at radius 2 is 2.09 bits per heavy atom. The molecule has 1 aliphatic rings. The fourth-order valence-electron chi connectivity index (χ4n) is 1.27. The van der Waals surface area contributed by atoms with Crippen LogP contribution in [0.5, 0.6) is 0 Å². The first kappa shape index (κ1) is 10.8. The fourth-order valence-corrected chi connectivity index (χ4v) is 1.27. The molecule has 0 fully saturated rings. The molecule has 3 heteroatoms. The van der Waals surface area contributed by atoms with E-state index >= 15 is 0 Å². The number of hydrogen-bond acceptors (Lipinski definition) is 1. The van der Waals surface area contributed by atoms with Crippen molar-refractivity contribution < 1.29 is 16.9 Å². The number of rotatable bonds is 2. The third-order valence-corrected chi connectivity index (χ3v) is 1.74. The summed E-state index contributed by atoms with van der Waals surface area (Å²) in [6.07, 6.45) is 5.67. The number of hydrogen-bond donors (Lipinski definition) is 0. The lowest BCUT2D eigenvalue weighted by Crippen LogP contribution is -3.00. The predicted octanol–water partition coefficient (Wildman–Crippen LogP) is -1.78. The van der Waals surface area contributed by atoms with Gasteiger partial charge in [-0.25, -0.2) is 0 Å². The van der Waals surface area contributed by atoms with Gasteiger partial charge in [0.25, 0.3) is 0 Å². The molecule has 0 saturated heterocycles. The van der Waals surface area contributed by atoms with E-state index in [4.69, 9.17) is 0 Å². The molecule has 0 radical (unpaired) electrons. The fraction of sp³-hybridized carbons (Fsp3) is 0.750. The van der Waals surface area contributed by atoms with Crippen molar-refractivity contribution >= 4 is 0 Å². The third-order valence-electron chi connectivity index (χ3n) is 1.74. The van der Waals surface area contributed by atoms with Crippen LogP contribution in [0.1, 0.15) is 13.3 Å². The SMILES string of the molecule is CCCN1C=C[N+](C)(C)C1.[Cl-]. The molecule has 1 rings (SSSR count). The molecule has 0 amide bonds. The Kier molecular flexibility index (Phi) is 3.90. The zero-order chi connectivity index (χ0) is 7.61. The van der Waals surface area contributed by atoms with E-state index < -0.39 is 0 Å². The molecule has 0 aromatic heterocycles. The van der Waals surface area contributed by atoms with Crippen molar-refractivity contribution in [1.82, 2.24) is 4.90 Å². The molecule has 0 unspecified atom stereocenters. The average Bonchev–Trinajstić information content (AvgIpc) is 2.12. The molecule has 1 aliphatic heterocycles. The second kappa shape index (κ2) is 3.98. The van der Waals surface area contributed by atoms with Crippen LogP contribution < -0.4 is 12.4 Å². The van der Waals surface area contributed by atoms with Gasteiger partial charge in [0.15, 0.2) is 6.67 Å². The molecule has 0 spiro atoms. The highest BCUT2D eigenvalue weighted by Gasteiger charge is 2.20. The zero-order valence-corrected chi connectivity index (χ0v) is 8.30. The van der Waals surface area contributed by atoms with Crippen molar-refractivity contribution in [3.8, 4) is 0 Å². The first-order valence-corrected chi connectivity index (χ1v) is 3.90. The summed E-state index contributed by atoms with van der Waals surface area (Å²) in [6.45, 7) is 4.54. The van der Waals surface area contributed by atoms with Crippen LogP contribution in [-0.4, -0.2) is 36.7 Å². The van der Waals surface area contributed by atoms with Crippen molar-refractivity contribution in [2.45, 2.75) is 13.3 Å². The Bertz CT molecular complexity index is 143. The van der Waals surface area contributed by atoms with Gasteiger partial charge in [-0.05, 0) is 6.42 Å². The van der Waals surface area contributed by atoms with Crippen LogP contribution in [0.3, 0.4) is 0 Å². The summed E-state index contributed by atoms with van der Waals surface area (Å²) < 4.78 is 1.00. The van der Waals surface area contributed by atoms with Gasteiger partial charge in [0.2, 0.25) is 0 Å². The van der Waals surface area contributed by atoms with E-state index in [0.717, 1.165) is 11.2 Å². The summed E-state index contributed by atoms with van der Waals surface area (Å²) in [4.78, 5) is 2.36. The van der Waals surface area contributed by atoms with Gasteiger partial charge in [-0.15, -0.1) is 0 Å². The van der Waals surface area contributed by atoms with E-state index in [2.05, 4.69) is 38.3 Å². The van der Waals surface area contributed by atoms with Gasteiger partial charge in [-0.2, -0.15) is 0 Å². The maximum Gasteiger partial charge on any atom is 0.158 e. The molecular formula is C8H17ClN2. The van der Waals surface area contributed by atoms with Crippen molar-refractivity contribution in [1.29, 1.82) is 0 Å². The summed E-state index contributed by atoms with van der Waals surface area (Å²) in [5.74, 6) is 0. The minimum absolute atomic E-state index is 0. The molecule has 0 saturated carbocycles. The van der Waals surface area contributed by atoms with Crippen LogP contribution in [0.2, 0.25) is 0 Å². The highest BCUT2D eigenvalue weighted by atomic mass is 35.5. The minimum atomic E-state index is 0. The molecule has 66 valence electrons. The number of quaternary nitrogens is 1. The molecule has 0 aromatic rings. The van der Waals surface area contributed by atoms with Gasteiger partial charge in [0.1, 0.15) is 6.20 Å². The Hall–Kier alpha value is -0.210. The highest BCUT2D eigenvalue weighted by Crippen LogP contribution is 2.11. The van der Waals surface area contributed by atoms with Crippen LogP contribution in [0.25, 0.3) is 0 Å². The Balaban J connectivity index is 0.000001000. The second-order valence-electron chi connectivity index (χ2n) is 3.53. The number of halogens is 1. The monoisotopic (exact) mass is 176 g/mol. The standard InChI is InChI=1S/C8H17N2.ClH/c1-4-5-9-6-7-10(2,3)8-9;/h6-7H,4-5,8H2,1-3H3;1H/q+1;/p-1. The van der Waals surface area contributed by atoms with E-state index in [1.165, 1.54) is 13.0 Å². The lowest BCUT2D eigenvalue weighted by atomic mass is 10.4. The molecule has 0 bridgehead atoms. The first-order valence-electron chi connectivity index (χ1n) is 3.90. The second-order valence-corrected chi connectivity index (χ2v) is 3.53. The maximum absolute atomic E-state index is 2.36. The van der Waals surface area contributed by atoms with E-state index in [1.807, 2.05) is 0 Å². The summed E-state index contributed by atoms with van der Waals surface area (Å²) in [5.41, 5.74) is 0. The molecule has 1 heterocycles. The summed E-state index contributed by atoms with van der Waals surface area (Å²) in [7, 11) is 4.43. The van der Waals surface area contributed by atoms with Gasteiger partial charge in [-0.1, -0.05) is 6.92 Å². The van der Waals surface area contributed by atoms with Crippen LogP contribution in [0.4, 0.5) is 0 Å². The van der Waals surface area contributed by atoms with Gasteiger partial charge < -0.3 is 17.3 Å². The third kappa shape index (κ3) is 3.12.